The number of fused-ring (bicyclic) bond motifs is 6. The molecule has 0 amide bonds. The Morgan fingerprint density at radius 3 is 1.51 bits per heavy atom. The van der Waals surface area contributed by atoms with Gasteiger partial charge < -0.3 is 57.2 Å². The van der Waals surface area contributed by atoms with Crippen LogP contribution in [-0.2, 0) is 76.1 Å². The van der Waals surface area contributed by atoms with E-state index in [1.165, 1.54) is 44.1 Å². The fourth-order valence-electron chi connectivity index (χ4n) is 11.8. The molecule has 0 aromatic rings. The summed E-state index contributed by atoms with van der Waals surface area (Å²) < 4.78 is 64.6. The Morgan fingerprint density at radius 1 is 0.590 bits per heavy atom. The smallest absolute Gasteiger partial charge is 0.330 e. The van der Waals surface area contributed by atoms with Gasteiger partial charge in [0.1, 0.15) is 30.5 Å². The molecule has 2 unspecified atom stereocenters. The van der Waals surface area contributed by atoms with E-state index in [2.05, 4.69) is 39.2 Å². The zero-order valence-electron chi connectivity index (χ0n) is 49.7. The summed E-state index contributed by atoms with van der Waals surface area (Å²) in [4.78, 5) is 62.1. The van der Waals surface area contributed by atoms with Crippen LogP contribution >= 0.6 is 0 Å². The Labute approximate surface area is 490 Å². The number of aliphatic hydroxyl groups excluding tert-OH is 1. The SMILES string of the molecule is C=C1C[C@H](C)C[C@@H]2CC=C[C@@H](C/C=C\C(=O)O[C@H](C(/C=C/[C@@H]3CC(C)=CCO3)OC(C)=O)C[C@@H]3O[C@H]3[C@@H](O)C1)O2.C=C1C[C@H](C)C[C@@H]2CC=C[C@@H](C/C=C\C(=O)O[C@H](C(/C=C/[C@@H]3CC(C)=CCO3)OC(C)=O)C[C@@H]3O[C@H]3[C@@H](OC(C)=O)C1)O2. The van der Waals surface area contributed by atoms with Gasteiger partial charge in [0, 0.05) is 52.2 Å². The zero-order chi connectivity index (χ0) is 59.6. The van der Waals surface area contributed by atoms with E-state index in [4.69, 9.17) is 52.1 Å². The first-order valence-corrected chi connectivity index (χ1v) is 29.8. The average molecular weight is 1160 g/mol. The first-order valence-electron chi connectivity index (χ1n) is 29.8. The maximum absolute atomic E-state index is 13.0. The molecule has 2 fully saturated rings. The Bertz CT molecular complexity index is 2500. The number of rotatable bonds is 9. The molecular formula is C66H90O17. The number of cyclic esters (lactones) is 2. The van der Waals surface area contributed by atoms with Crippen molar-refractivity contribution in [2.45, 2.75) is 236 Å². The van der Waals surface area contributed by atoms with Gasteiger partial charge in [0.2, 0.25) is 0 Å². The molecule has 0 spiro atoms. The van der Waals surface area contributed by atoms with Crippen LogP contribution in [0.2, 0.25) is 0 Å². The van der Waals surface area contributed by atoms with Crippen LogP contribution in [0.4, 0.5) is 0 Å². The first kappa shape index (κ1) is 65.0. The Kier molecular flexibility index (Phi) is 25.2. The van der Waals surface area contributed by atoms with Gasteiger partial charge in [-0.15, -0.1) is 0 Å². The van der Waals surface area contributed by atoms with Crippen LogP contribution in [0.3, 0.4) is 0 Å². The number of esters is 5. The van der Waals surface area contributed by atoms with Crippen LogP contribution < -0.4 is 0 Å². The van der Waals surface area contributed by atoms with E-state index in [1.54, 1.807) is 24.3 Å². The summed E-state index contributed by atoms with van der Waals surface area (Å²) in [6, 6.07) is 0. The summed E-state index contributed by atoms with van der Waals surface area (Å²) in [5.74, 6) is -1.80. The summed E-state index contributed by atoms with van der Waals surface area (Å²) in [7, 11) is 0. The van der Waals surface area contributed by atoms with Gasteiger partial charge in [-0.05, 0) is 108 Å². The molecular weight excluding hydrogens is 1060 g/mol. The van der Waals surface area contributed by atoms with Crippen molar-refractivity contribution in [1.29, 1.82) is 0 Å². The van der Waals surface area contributed by atoms with Gasteiger partial charge in [0.05, 0.1) is 68.1 Å². The second-order valence-electron chi connectivity index (χ2n) is 23.8. The second-order valence-corrected chi connectivity index (χ2v) is 23.8. The van der Waals surface area contributed by atoms with Crippen LogP contribution in [0.1, 0.15) is 138 Å². The standard InChI is InChI=1S/C34H46O9.C32H44O8/c1-21-14-15-38-27(17-21)12-13-29(39-24(4)35)30-20-32-34(43-32)31(40-25(5)36)19-23(3)16-22(2)18-28-10-6-8-26(41-28)9-7-11-33(37)42-30;1-20-13-14-36-25(16-20)11-12-28(37-23(4)33)29-19-30-32(40-30)27(34)18-22(3)15-21(2)17-26-9-5-7-24(38-26)8-6-10-31(35)39-29/h6-8,11-14,22,26-32,34H,3,9-10,15-20H2,1-2,4-5H3;5-7,10-13,21,24-30,32,34H,3,8-9,14-19H2,1-2,4H3/b11-7-,13-12+;10-6-,12-11+/t22-,26-,27+,28-,29?,30-,31-,32-,34-;21-,24-,25+,26-,27-,28?,29-,30-,32-/m00/s1. The third-order valence-electron chi connectivity index (χ3n) is 15.7. The maximum atomic E-state index is 13.0. The van der Waals surface area contributed by atoms with Crippen molar-refractivity contribution >= 4 is 29.8 Å². The number of carbonyl (C=O) groups excluding carboxylic acids is 5. The molecule has 0 aromatic carbocycles. The molecule has 1 N–H and O–H groups in total. The monoisotopic (exact) mass is 1150 g/mol. The summed E-state index contributed by atoms with van der Waals surface area (Å²) in [6.07, 6.45) is 28.4. The van der Waals surface area contributed by atoms with Crippen molar-refractivity contribution in [3.8, 4) is 0 Å². The molecule has 8 aliphatic rings. The summed E-state index contributed by atoms with van der Waals surface area (Å²) in [5.41, 5.74) is 4.38. The molecule has 8 rings (SSSR count). The Morgan fingerprint density at radius 2 is 1.05 bits per heavy atom. The van der Waals surface area contributed by atoms with E-state index in [9.17, 15) is 29.1 Å². The van der Waals surface area contributed by atoms with E-state index >= 15 is 0 Å². The predicted molar refractivity (Wildman–Crippen MR) is 310 cm³/mol. The minimum atomic E-state index is -0.867. The number of carbonyl (C=O) groups is 5. The van der Waals surface area contributed by atoms with Gasteiger partial charge in [0.15, 0.2) is 12.2 Å². The van der Waals surface area contributed by atoms with Crippen LogP contribution in [-0.4, -0.2) is 146 Å². The van der Waals surface area contributed by atoms with Gasteiger partial charge in [-0.25, -0.2) is 9.59 Å². The van der Waals surface area contributed by atoms with Crippen molar-refractivity contribution in [3.05, 3.63) is 121 Å². The highest BCUT2D eigenvalue weighted by Crippen LogP contribution is 2.38. The Balaban J connectivity index is 0.000000239. The quantitative estimate of drug-likeness (QED) is 0.0984. The zero-order valence-corrected chi connectivity index (χ0v) is 49.7. The van der Waals surface area contributed by atoms with Crippen molar-refractivity contribution in [2.75, 3.05) is 13.2 Å². The molecule has 8 heterocycles. The van der Waals surface area contributed by atoms with E-state index in [0.717, 1.165) is 62.5 Å². The van der Waals surface area contributed by atoms with Gasteiger partial charge >= 0.3 is 29.8 Å². The highest BCUT2D eigenvalue weighted by Gasteiger charge is 2.50. The van der Waals surface area contributed by atoms with Gasteiger partial charge in [-0.1, -0.05) is 110 Å². The Hall–Kier alpha value is -5.53. The molecule has 8 aliphatic heterocycles. The largest absolute Gasteiger partial charge is 0.459 e. The van der Waals surface area contributed by atoms with Crippen molar-refractivity contribution in [2.24, 2.45) is 11.8 Å². The van der Waals surface area contributed by atoms with E-state index in [1.807, 2.05) is 50.3 Å². The maximum Gasteiger partial charge on any atom is 0.330 e. The molecule has 17 heteroatoms. The summed E-state index contributed by atoms with van der Waals surface area (Å²) in [5, 5.41) is 10.9. The fourth-order valence-corrected chi connectivity index (χ4v) is 11.8. The third kappa shape index (κ3) is 22.8. The lowest BCUT2D eigenvalue weighted by Crippen LogP contribution is -2.36. The topological polar surface area (TPSA) is 214 Å². The lowest BCUT2D eigenvalue weighted by atomic mass is 9.90. The molecule has 18 atom stereocenters. The number of aliphatic hydroxyl groups is 1. The van der Waals surface area contributed by atoms with Gasteiger partial charge in [0.25, 0.3) is 0 Å². The van der Waals surface area contributed by atoms with E-state index in [0.29, 0.717) is 50.7 Å². The highest BCUT2D eigenvalue weighted by molar-refractivity contribution is 5.82. The van der Waals surface area contributed by atoms with Crippen LogP contribution in [0.25, 0.3) is 0 Å². The van der Waals surface area contributed by atoms with E-state index in [-0.39, 0.29) is 61.7 Å². The molecule has 83 heavy (non-hydrogen) atoms. The molecule has 0 aromatic heterocycles. The lowest BCUT2D eigenvalue weighted by Gasteiger charge is -2.28. The van der Waals surface area contributed by atoms with Crippen molar-refractivity contribution < 1.29 is 81.2 Å². The molecule has 4 bridgehead atoms. The van der Waals surface area contributed by atoms with E-state index < -0.39 is 78.7 Å². The molecule has 2 saturated heterocycles. The predicted octanol–water partition coefficient (Wildman–Crippen LogP) is 9.92. The average Bonchev–Trinajstić information content (AvgIpc) is 4.01. The van der Waals surface area contributed by atoms with Crippen molar-refractivity contribution in [1.82, 2.24) is 0 Å². The van der Waals surface area contributed by atoms with Crippen LogP contribution in [0.15, 0.2) is 121 Å². The molecule has 456 valence electrons. The van der Waals surface area contributed by atoms with Crippen LogP contribution in [0, 0.1) is 11.8 Å². The summed E-state index contributed by atoms with van der Waals surface area (Å²) in [6.45, 7) is 22.0. The second kappa shape index (κ2) is 32.1. The normalized spacial score (nSPS) is 36.3. The van der Waals surface area contributed by atoms with Crippen molar-refractivity contribution in [3.63, 3.8) is 0 Å². The highest BCUT2D eigenvalue weighted by atomic mass is 16.6. The number of hydrogen-bond donors (Lipinski definition) is 1. The van der Waals surface area contributed by atoms with Crippen LogP contribution in [0.5, 0.6) is 0 Å². The first-order chi connectivity index (χ1) is 39.7. The minimum absolute atomic E-state index is 0.0746. The molecule has 0 aliphatic carbocycles. The number of epoxide rings is 2. The third-order valence-corrected chi connectivity index (χ3v) is 15.7. The summed E-state index contributed by atoms with van der Waals surface area (Å²) >= 11 is 0. The van der Waals surface area contributed by atoms with Gasteiger partial charge in [-0.2, -0.15) is 0 Å². The lowest BCUT2D eigenvalue weighted by molar-refractivity contribution is -0.160. The fraction of sp³-hybridized carbons (Fsp3) is 0.621. The molecule has 17 nitrogen and oxygen atoms in total. The molecule has 0 radical (unpaired) electrons. The molecule has 0 saturated carbocycles. The number of hydrogen-bond acceptors (Lipinski definition) is 17. The van der Waals surface area contributed by atoms with Gasteiger partial charge in [-0.3, -0.25) is 14.4 Å². The minimum Gasteiger partial charge on any atom is -0.459 e. The number of ether oxygens (including phenoxy) is 11.